The highest BCUT2D eigenvalue weighted by Gasteiger charge is 2.26. The first-order valence-corrected chi connectivity index (χ1v) is 8.56. The molecule has 1 aliphatic carbocycles. The third kappa shape index (κ3) is 5.70. The summed E-state index contributed by atoms with van der Waals surface area (Å²) in [7, 11) is 0. The van der Waals surface area contributed by atoms with Crippen LogP contribution in [0.4, 0.5) is 0 Å². The SMILES string of the molecule is C=C(C)CCCCc1cccc(C#CC2(O)CCCCC2)c1. The van der Waals surface area contributed by atoms with E-state index in [1.807, 2.05) is 6.07 Å². The lowest BCUT2D eigenvalue weighted by Crippen LogP contribution is -2.29. The van der Waals surface area contributed by atoms with Gasteiger partial charge in [0.05, 0.1) is 0 Å². The van der Waals surface area contributed by atoms with Crippen molar-refractivity contribution in [3.8, 4) is 11.8 Å². The van der Waals surface area contributed by atoms with Crippen molar-refractivity contribution in [3.63, 3.8) is 0 Å². The van der Waals surface area contributed by atoms with Gasteiger partial charge in [-0.05, 0) is 76.0 Å². The van der Waals surface area contributed by atoms with Crippen molar-refractivity contribution in [2.75, 3.05) is 0 Å². The van der Waals surface area contributed by atoms with Gasteiger partial charge in [0.25, 0.3) is 0 Å². The van der Waals surface area contributed by atoms with E-state index in [9.17, 15) is 5.11 Å². The van der Waals surface area contributed by atoms with Crippen LogP contribution in [0.5, 0.6) is 0 Å². The van der Waals surface area contributed by atoms with Crippen LogP contribution in [0.3, 0.4) is 0 Å². The van der Waals surface area contributed by atoms with Crippen LogP contribution in [0, 0.1) is 11.8 Å². The van der Waals surface area contributed by atoms with Gasteiger partial charge < -0.3 is 5.11 Å². The van der Waals surface area contributed by atoms with Crippen LogP contribution < -0.4 is 0 Å². The minimum Gasteiger partial charge on any atom is -0.378 e. The maximum absolute atomic E-state index is 10.4. The minimum atomic E-state index is -0.754. The van der Waals surface area contributed by atoms with E-state index < -0.39 is 5.60 Å². The van der Waals surface area contributed by atoms with Gasteiger partial charge in [0.1, 0.15) is 5.60 Å². The lowest BCUT2D eigenvalue weighted by molar-refractivity contribution is 0.0610. The minimum absolute atomic E-state index is 0.754. The molecule has 0 unspecified atom stereocenters. The Bertz CT molecular complexity index is 553. The van der Waals surface area contributed by atoms with Crippen molar-refractivity contribution < 1.29 is 5.11 Å². The second-order valence-corrected chi connectivity index (χ2v) is 6.71. The second-order valence-electron chi connectivity index (χ2n) is 6.71. The number of hydrogen-bond acceptors (Lipinski definition) is 1. The van der Waals surface area contributed by atoms with Crippen LogP contribution in [0.1, 0.15) is 69.4 Å². The molecule has 0 radical (unpaired) electrons. The largest absolute Gasteiger partial charge is 0.378 e. The molecule has 2 rings (SSSR count). The molecule has 1 fully saturated rings. The van der Waals surface area contributed by atoms with Crippen molar-refractivity contribution in [2.45, 2.75) is 70.3 Å². The first-order chi connectivity index (χ1) is 10.6. The van der Waals surface area contributed by atoms with E-state index in [0.717, 1.165) is 44.1 Å². The Morgan fingerprint density at radius 3 is 2.73 bits per heavy atom. The zero-order valence-corrected chi connectivity index (χ0v) is 13.8. The van der Waals surface area contributed by atoms with Gasteiger partial charge in [-0.15, -0.1) is 6.58 Å². The van der Waals surface area contributed by atoms with E-state index in [0.29, 0.717) is 0 Å². The molecule has 0 aromatic heterocycles. The number of benzene rings is 1. The number of hydrogen-bond donors (Lipinski definition) is 1. The van der Waals surface area contributed by atoms with Crippen molar-refractivity contribution in [1.29, 1.82) is 0 Å². The fraction of sp³-hybridized carbons (Fsp3) is 0.524. The molecule has 1 nitrogen and oxygen atoms in total. The van der Waals surface area contributed by atoms with Gasteiger partial charge in [-0.2, -0.15) is 0 Å². The Hall–Kier alpha value is -1.52. The Labute approximate surface area is 135 Å². The number of allylic oxidation sites excluding steroid dienone is 1. The summed E-state index contributed by atoms with van der Waals surface area (Å²) in [5, 5.41) is 10.4. The lowest BCUT2D eigenvalue weighted by Gasteiger charge is -2.26. The quantitative estimate of drug-likeness (QED) is 0.459. The zero-order valence-electron chi connectivity index (χ0n) is 13.8. The molecule has 118 valence electrons. The van der Waals surface area contributed by atoms with Crippen LogP contribution >= 0.6 is 0 Å². The van der Waals surface area contributed by atoms with Gasteiger partial charge in [0, 0.05) is 5.56 Å². The maximum atomic E-state index is 10.4. The van der Waals surface area contributed by atoms with Gasteiger partial charge >= 0.3 is 0 Å². The van der Waals surface area contributed by atoms with Gasteiger partial charge in [0.2, 0.25) is 0 Å². The normalized spacial score (nSPS) is 16.6. The first-order valence-electron chi connectivity index (χ1n) is 8.56. The summed E-state index contributed by atoms with van der Waals surface area (Å²) in [6, 6.07) is 8.45. The molecule has 1 aliphatic rings. The van der Waals surface area contributed by atoms with Crippen LogP contribution in [0.2, 0.25) is 0 Å². The molecule has 0 saturated heterocycles. The fourth-order valence-electron chi connectivity index (χ4n) is 3.01. The van der Waals surface area contributed by atoms with E-state index >= 15 is 0 Å². The summed E-state index contributed by atoms with van der Waals surface area (Å²) in [6.07, 6.45) is 9.64. The zero-order chi connectivity index (χ0) is 15.8. The van der Waals surface area contributed by atoms with Crippen molar-refractivity contribution in [2.24, 2.45) is 0 Å². The summed E-state index contributed by atoms with van der Waals surface area (Å²) in [5.74, 6) is 6.31. The van der Waals surface area contributed by atoms with E-state index in [2.05, 4.69) is 43.5 Å². The molecule has 0 heterocycles. The molecular weight excluding hydrogens is 268 g/mol. The van der Waals surface area contributed by atoms with Gasteiger partial charge in [0.15, 0.2) is 0 Å². The summed E-state index contributed by atoms with van der Waals surface area (Å²) >= 11 is 0. The average Bonchev–Trinajstić information content (AvgIpc) is 2.51. The molecule has 1 saturated carbocycles. The third-order valence-electron chi connectivity index (χ3n) is 4.37. The number of rotatable bonds is 5. The summed E-state index contributed by atoms with van der Waals surface area (Å²) in [6.45, 7) is 6.04. The summed E-state index contributed by atoms with van der Waals surface area (Å²) in [5.41, 5.74) is 2.87. The van der Waals surface area contributed by atoms with Crippen LogP contribution in [0.15, 0.2) is 36.4 Å². The van der Waals surface area contributed by atoms with Crippen LogP contribution in [-0.4, -0.2) is 10.7 Å². The smallest absolute Gasteiger partial charge is 0.125 e. The average molecular weight is 296 g/mol. The number of unbranched alkanes of at least 4 members (excludes halogenated alkanes) is 1. The monoisotopic (exact) mass is 296 g/mol. The predicted octanol–water partition coefficient (Wildman–Crippen LogP) is 5.02. The summed E-state index contributed by atoms with van der Waals surface area (Å²) in [4.78, 5) is 0. The van der Waals surface area contributed by atoms with Crippen molar-refractivity contribution in [1.82, 2.24) is 0 Å². The van der Waals surface area contributed by atoms with Crippen molar-refractivity contribution in [3.05, 3.63) is 47.5 Å². The lowest BCUT2D eigenvalue weighted by atomic mass is 9.85. The van der Waals surface area contributed by atoms with Gasteiger partial charge in [-0.25, -0.2) is 0 Å². The van der Waals surface area contributed by atoms with Gasteiger partial charge in [-0.3, -0.25) is 0 Å². The molecular formula is C21H28O. The molecule has 0 aliphatic heterocycles. The molecule has 0 atom stereocenters. The number of aliphatic hydroxyl groups is 1. The Balaban J connectivity index is 1.92. The second kappa shape index (κ2) is 8.20. The fourth-order valence-corrected chi connectivity index (χ4v) is 3.01. The molecule has 0 amide bonds. The van der Waals surface area contributed by atoms with Gasteiger partial charge in [-0.1, -0.05) is 36.0 Å². The van der Waals surface area contributed by atoms with Crippen molar-refractivity contribution >= 4 is 0 Å². The number of aryl methyl sites for hydroxylation is 1. The molecule has 1 heteroatoms. The highest BCUT2D eigenvalue weighted by Crippen LogP contribution is 2.27. The van der Waals surface area contributed by atoms with E-state index in [-0.39, 0.29) is 0 Å². The molecule has 1 aromatic rings. The maximum Gasteiger partial charge on any atom is 0.125 e. The van der Waals surface area contributed by atoms with E-state index in [4.69, 9.17) is 0 Å². The van der Waals surface area contributed by atoms with Crippen LogP contribution in [0.25, 0.3) is 0 Å². The standard InChI is InChI=1S/C21H28O/c1-18(2)9-4-5-10-19-11-8-12-20(17-19)13-16-21(22)14-6-3-7-15-21/h8,11-12,17,22H,1,3-7,9-10,14-15H2,2H3. The molecule has 1 aromatic carbocycles. The molecule has 1 N–H and O–H groups in total. The predicted molar refractivity (Wildman–Crippen MR) is 93.7 cm³/mol. The van der Waals surface area contributed by atoms with E-state index in [1.165, 1.54) is 30.4 Å². The Kier molecular flexibility index (Phi) is 6.28. The highest BCUT2D eigenvalue weighted by molar-refractivity contribution is 5.39. The van der Waals surface area contributed by atoms with E-state index in [1.54, 1.807) is 0 Å². The molecule has 0 bridgehead atoms. The Morgan fingerprint density at radius 1 is 1.23 bits per heavy atom. The topological polar surface area (TPSA) is 20.2 Å². The molecule has 22 heavy (non-hydrogen) atoms. The first kappa shape index (κ1) is 16.8. The highest BCUT2D eigenvalue weighted by atomic mass is 16.3. The van der Waals surface area contributed by atoms with Crippen LogP contribution in [-0.2, 0) is 6.42 Å². The molecule has 0 spiro atoms. The summed E-state index contributed by atoms with van der Waals surface area (Å²) < 4.78 is 0. The Morgan fingerprint density at radius 2 is 2.00 bits per heavy atom. The third-order valence-corrected chi connectivity index (χ3v) is 4.37.